The lowest BCUT2D eigenvalue weighted by Gasteiger charge is -2.26. The molecule has 2 heterocycles. The van der Waals surface area contributed by atoms with Gasteiger partial charge in [0, 0.05) is 43.6 Å². The first-order chi connectivity index (χ1) is 14.5. The van der Waals surface area contributed by atoms with E-state index in [-0.39, 0.29) is 17.5 Å². The second-order valence-corrected chi connectivity index (χ2v) is 8.10. The average Bonchev–Trinajstić information content (AvgIpc) is 3.28. The fraction of sp³-hybridized carbons (Fsp3) is 0.333. The van der Waals surface area contributed by atoms with Gasteiger partial charge in [0.2, 0.25) is 0 Å². The van der Waals surface area contributed by atoms with Crippen LogP contribution in [0.4, 0.5) is 5.69 Å². The third-order valence-electron chi connectivity index (χ3n) is 5.90. The Hall–Kier alpha value is -3.12. The minimum absolute atomic E-state index is 0.0480. The Morgan fingerprint density at radius 2 is 1.80 bits per heavy atom. The van der Waals surface area contributed by atoms with Crippen molar-refractivity contribution in [2.45, 2.75) is 18.9 Å². The van der Waals surface area contributed by atoms with Crippen LogP contribution in [-0.4, -0.2) is 39.6 Å². The number of anilines is 1. The smallest absolute Gasteiger partial charge is 0.349 e. The summed E-state index contributed by atoms with van der Waals surface area (Å²) in [4.78, 5) is 28.7. The van der Waals surface area contributed by atoms with Gasteiger partial charge < -0.3 is 19.5 Å². The van der Waals surface area contributed by atoms with Crippen molar-refractivity contribution in [1.29, 1.82) is 0 Å². The van der Waals surface area contributed by atoms with Crippen LogP contribution in [0, 0.1) is 0 Å². The fourth-order valence-electron chi connectivity index (χ4n) is 4.19. The normalized spacial score (nSPS) is 15.3. The number of benzene rings is 2. The number of amides is 1. The van der Waals surface area contributed by atoms with Crippen LogP contribution in [0.5, 0.6) is 0 Å². The monoisotopic (exact) mass is 406 g/mol. The molecule has 30 heavy (non-hydrogen) atoms. The zero-order valence-corrected chi connectivity index (χ0v) is 17.5. The van der Waals surface area contributed by atoms with E-state index in [0.29, 0.717) is 12.1 Å². The maximum Gasteiger partial charge on any atom is 0.349 e. The Morgan fingerprint density at radius 3 is 2.50 bits per heavy atom. The molecule has 1 amide bonds. The van der Waals surface area contributed by atoms with Crippen LogP contribution in [0.3, 0.4) is 0 Å². The lowest BCUT2D eigenvalue weighted by atomic mass is 10.0. The number of hydrogen-bond donors (Lipinski definition) is 2. The zero-order chi connectivity index (χ0) is 21.1. The van der Waals surface area contributed by atoms with Gasteiger partial charge in [-0.05, 0) is 24.3 Å². The fourth-order valence-corrected chi connectivity index (χ4v) is 4.19. The molecule has 0 unspecified atom stereocenters. The number of likely N-dealkylation sites (tertiary alicyclic amines) is 1. The third-order valence-corrected chi connectivity index (χ3v) is 5.90. The lowest BCUT2D eigenvalue weighted by molar-refractivity contribution is -0.918. The number of nitrogens with zero attached hydrogens (tertiary/aromatic N) is 1. The summed E-state index contributed by atoms with van der Waals surface area (Å²) < 4.78 is 5.31. The van der Waals surface area contributed by atoms with Crippen molar-refractivity contribution in [3.63, 3.8) is 0 Å². The Morgan fingerprint density at radius 1 is 1.10 bits per heavy atom. The molecule has 6 nitrogen and oxygen atoms in total. The van der Waals surface area contributed by atoms with Gasteiger partial charge in [0.25, 0.3) is 5.91 Å². The number of fused-ring (bicyclic) bond motifs is 1. The Kier molecular flexibility index (Phi) is 5.86. The quantitative estimate of drug-likeness (QED) is 0.615. The van der Waals surface area contributed by atoms with E-state index in [9.17, 15) is 9.59 Å². The summed E-state index contributed by atoms with van der Waals surface area (Å²) in [6.45, 7) is 2.66. The summed E-state index contributed by atoms with van der Waals surface area (Å²) in [6, 6.07) is 17.5. The molecule has 1 aromatic heterocycles. The molecule has 1 atom stereocenters. The minimum Gasteiger partial charge on any atom is -0.422 e. The molecule has 0 radical (unpaired) electrons. The molecule has 1 saturated heterocycles. The molecule has 2 N–H and O–H groups in total. The number of para-hydroxylation sites is 1. The highest BCUT2D eigenvalue weighted by atomic mass is 16.4. The van der Waals surface area contributed by atoms with E-state index in [1.54, 1.807) is 18.2 Å². The van der Waals surface area contributed by atoms with Crippen LogP contribution in [-0.2, 0) is 0 Å². The predicted octanol–water partition coefficient (Wildman–Crippen LogP) is 2.01. The van der Waals surface area contributed by atoms with Crippen molar-refractivity contribution in [2.24, 2.45) is 0 Å². The van der Waals surface area contributed by atoms with Gasteiger partial charge in [0.1, 0.15) is 17.2 Å². The van der Waals surface area contributed by atoms with Crippen LogP contribution < -0.4 is 20.7 Å². The summed E-state index contributed by atoms with van der Waals surface area (Å²) in [5.74, 6) is -0.386. The van der Waals surface area contributed by atoms with Crippen molar-refractivity contribution >= 4 is 22.6 Å². The average molecular weight is 407 g/mol. The van der Waals surface area contributed by atoms with Crippen LogP contribution >= 0.6 is 0 Å². The lowest BCUT2D eigenvalue weighted by Crippen LogP contribution is -3.11. The van der Waals surface area contributed by atoms with Crippen molar-refractivity contribution in [2.75, 3.05) is 38.6 Å². The summed E-state index contributed by atoms with van der Waals surface area (Å²) in [5, 5.41) is 3.73. The van der Waals surface area contributed by atoms with E-state index < -0.39 is 5.63 Å². The van der Waals surface area contributed by atoms with Gasteiger partial charge in [-0.15, -0.1) is 0 Å². The largest absolute Gasteiger partial charge is 0.422 e. The topological polar surface area (TPSA) is 67.0 Å². The maximum atomic E-state index is 12.8. The number of rotatable bonds is 6. The summed E-state index contributed by atoms with van der Waals surface area (Å²) in [5.41, 5.74) is 2.27. The first kappa shape index (κ1) is 20.2. The van der Waals surface area contributed by atoms with E-state index in [4.69, 9.17) is 4.42 Å². The number of hydrogen-bond acceptors (Lipinski definition) is 4. The molecule has 2 aromatic carbocycles. The van der Waals surface area contributed by atoms with Crippen LogP contribution in [0.1, 0.15) is 34.8 Å². The number of carbonyl (C=O) groups excluding carboxylic acids is 1. The van der Waals surface area contributed by atoms with Crippen molar-refractivity contribution in [3.8, 4) is 0 Å². The first-order valence-corrected chi connectivity index (χ1v) is 10.5. The standard InChI is InChI=1S/C24H27N3O3/c1-26(2)19-11-9-17(10-12-19)21(27-13-5-6-14-27)16-25-23(28)20-15-18-7-3-4-8-22(18)30-24(20)29/h3-4,7-12,15,21H,5-6,13-14,16H2,1-2H3,(H,25,28)/p+1/t21-/m1/s1. The van der Waals surface area contributed by atoms with Gasteiger partial charge in [-0.2, -0.15) is 0 Å². The molecule has 3 aromatic rings. The molecule has 1 aliphatic rings. The molecule has 0 spiro atoms. The summed E-state index contributed by atoms with van der Waals surface area (Å²) >= 11 is 0. The SMILES string of the molecule is CN(C)c1ccc([C@@H](CNC(=O)c2cc3ccccc3oc2=O)[NH+]2CCCC2)cc1. The van der Waals surface area contributed by atoms with Crippen LogP contribution in [0.2, 0.25) is 0 Å². The second kappa shape index (κ2) is 8.71. The Labute approximate surface area is 176 Å². The summed E-state index contributed by atoms with van der Waals surface area (Å²) in [7, 11) is 4.04. The highest BCUT2D eigenvalue weighted by Crippen LogP contribution is 2.17. The number of quaternary nitrogens is 1. The highest BCUT2D eigenvalue weighted by Gasteiger charge is 2.28. The predicted molar refractivity (Wildman–Crippen MR) is 118 cm³/mol. The highest BCUT2D eigenvalue weighted by molar-refractivity contribution is 5.96. The van der Waals surface area contributed by atoms with Gasteiger partial charge >= 0.3 is 5.63 Å². The van der Waals surface area contributed by atoms with E-state index >= 15 is 0 Å². The first-order valence-electron chi connectivity index (χ1n) is 10.5. The van der Waals surface area contributed by atoms with Gasteiger partial charge in [0.05, 0.1) is 19.6 Å². The van der Waals surface area contributed by atoms with Crippen molar-refractivity contribution in [1.82, 2.24) is 5.32 Å². The molecule has 4 rings (SSSR count). The van der Waals surface area contributed by atoms with Gasteiger partial charge in [-0.25, -0.2) is 4.79 Å². The van der Waals surface area contributed by atoms with Crippen molar-refractivity contribution in [3.05, 3.63) is 76.1 Å². The third kappa shape index (κ3) is 4.24. The number of nitrogens with one attached hydrogen (secondary N) is 2. The minimum atomic E-state index is -0.605. The molecular formula is C24H28N3O3+. The Balaban J connectivity index is 1.54. The molecule has 0 saturated carbocycles. The van der Waals surface area contributed by atoms with Crippen LogP contribution in [0.15, 0.2) is 63.8 Å². The van der Waals surface area contributed by atoms with Crippen LogP contribution in [0.25, 0.3) is 11.0 Å². The van der Waals surface area contributed by atoms with E-state index in [1.807, 2.05) is 26.2 Å². The van der Waals surface area contributed by atoms with E-state index in [0.717, 1.165) is 24.2 Å². The van der Waals surface area contributed by atoms with Gasteiger partial charge in [-0.3, -0.25) is 4.79 Å². The molecule has 0 aliphatic carbocycles. The molecule has 1 fully saturated rings. The van der Waals surface area contributed by atoms with Gasteiger partial charge in [-0.1, -0.05) is 30.3 Å². The van der Waals surface area contributed by atoms with Gasteiger partial charge in [0.15, 0.2) is 0 Å². The number of carbonyl (C=O) groups is 1. The van der Waals surface area contributed by atoms with E-state index in [2.05, 4.69) is 34.5 Å². The van der Waals surface area contributed by atoms with Crippen molar-refractivity contribution < 1.29 is 14.1 Å². The molecule has 1 aliphatic heterocycles. The maximum absolute atomic E-state index is 12.8. The molecule has 0 bridgehead atoms. The molecular weight excluding hydrogens is 378 g/mol. The second-order valence-electron chi connectivity index (χ2n) is 8.10. The summed E-state index contributed by atoms with van der Waals surface area (Å²) in [6.07, 6.45) is 2.40. The van der Waals surface area contributed by atoms with E-state index in [1.165, 1.54) is 23.3 Å². The molecule has 6 heteroatoms. The zero-order valence-electron chi connectivity index (χ0n) is 17.5. The Bertz CT molecular complexity index is 1080. The molecule has 156 valence electrons.